The Balaban J connectivity index is 2.33. The zero-order chi connectivity index (χ0) is 14.7. The van der Waals surface area contributed by atoms with Gasteiger partial charge in [-0.05, 0) is 30.3 Å². The van der Waals surface area contributed by atoms with Crippen LogP contribution in [0.2, 0.25) is 5.02 Å². The average molecular weight is 294 g/mol. The first-order chi connectivity index (χ1) is 9.49. The lowest BCUT2D eigenvalue weighted by Gasteiger charge is -2.09. The number of rotatable bonds is 3. The zero-order valence-electron chi connectivity index (χ0n) is 10.1. The van der Waals surface area contributed by atoms with Crippen LogP contribution in [0.5, 0.6) is 0 Å². The molecular weight excluding hydrogens is 285 g/mol. The molecule has 20 heavy (non-hydrogen) atoms. The van der Waals surface area contributed by atoms with Crippen molar-refractivity contribution in [2.75, 3.05) is 5.32 Å². The number of amides is 1. The number of benzene rings is 2. The molecule has 0 spiro atoms. The molecule has 0 saturated carbocycles. The third-order valence-electron chi connectivity index (χ3n) is 2.56. The summed E-state index contributed by atoms with van der Waals surface area (Å²) in [4.78, 5) is 23.1. The van der Waals surface area contributed by atoms with Gasteiger partial charge in [-0.1, -0.05) is 23.7 Å². The monoisotopic (exact) mass is 293 g/mol. The van der Waals surface area contributed by atoms with Gasteiger partial charge in [-0.2, -0.15) is 0 Å². The summed E-state index contributed by atoms with van der Waals surface area (Å²) in [5.41, 5.74) is -0.0699. The van der Waals surface area contributed by atoms with Gasteiger partial charge in [0, 0.05) is 5.56 Å². The van der Waals surface area contributed by atoms with Crippen LogP contribution >= 0.6 is 11.6 Å². The number of nitrogens with one attached hydrogen (secondary N) is 1. The fourth-order valence-corrected chi connectivity index (χ4v) is 1.93. The van der Waals surface area contributed by atoms with Gasteiger partial charge in [-0.25, -0.2) is 9.18 Å². The Morgan fingerprint density at radius 3 is 2.50 bits per heavy atom. The van der Waals surface area contributed by atoms with Crippen LogP contribution in [0.25, 0.3) is 0 Å². The molecule has 4 nitrogen and oxygen atoms in total. The number of carboxylic acids is 1. The lowest BCUT2D eigenvalue weighted by atomic mass is 10.1. The van der Waals surface area contributed by atoms with Gasteiger partial charge in [0.2, 0.25) is 0 Å². The zero-order valence-corrected chi connectivity index (χ0v) is 10.8. The number of hydrogen-bond donors (Lipinski definition) is 2. The standard InChI is InChI=1S/C14H9ClFNO3/c15-10-5-2-6-11(12(10)14(19)20)17-13(18)8-3-1-4-9(16)7-8/h1-7H,(H,17,18)(H,19,20). The summed E-state index contributed by atoms with van der Waals surface area (Å²) in [6.07, 6.45) is 0. The Hall–Kier alpha value is -2.40. The molecule has 0 aliphatic heterocycles. The Morgan fingerprint density at radius 1 is 1.15 bits per heavy atom. The Kier molecular flexibility index (Phi) is 4.00. The van der Waals surface area contributed by atoms with E-state index in [0.717, 1.165) is 6.07 Å². The molecule has 0 atom stereocenters. The summed E-state index contributed by atoms with van der Waals surface area (Å²) in [5, 5.41) is 11.5. The molecule has 0 aliphatic rings. The maximum absolute atomic E-state index is 13.0. The highest BCUT2D eigenvalue weighted by molar-refractivity contribution is 6.34. The van der Waals surface area contributed by atoms with E-state index in [1.165, 1.54) is 36.4 Å². The molecule has 2 rings (SSSR count). The summed E-state index contributed by atoms with van der Waals surface area (Å²) in [6.45, 7) is 0. The van der Waals surface area contributed by atoms with E-state index in [1.54, 1.807) is 0 Å². The summed E-state index contributed by atoms with van der Waals surface area (Å²) >= 11 is 5.79. The SMILES string of the molecule is O=C(Nc1cccc(Cl)c1C(=O)O)c1cccc(F)c1. The third kappa shape index (κ3) is 2.95. The number of halogens is 2. The van der Waals surface area contributed by atoms with Gasteiger partial charge in [0.25, 0.3) is 5.91 Å². The molecule has 0 aliphatic carbocycles. The first-order valence-electron chi connectivity index (χ1n) is 5.58. The first kappa shape index (κ1) is 14.0. The molecule has 2 N–H and O–H groups in total. The van der Waals surface area contributed by atoms with Crippen LogP contribution in [-0.4, -0.2) is 17.0 Å². The smallest absolute Gasteiger partial charge is 0.339 e. The molecule has 0 unspecified atom stereocenters. The van der Waals surface area contributed by atoms with Crippen LogP contribution in [0.3, 0.4) is 0 Å². The normalized spacial score (nSPS) is 10.1. The lowest BCUT2D eigenvalue weighted by Crippen LogP contribution is -2.15. The van der Waals surface area contributed by atoms with Gasteiger partial charge >= 0.3 is 5.97 Å². The van der Waals surface area contributed by atoms with Crippen molar-refractivity contribution in [3.05, 3.63) is 64.4 Å². The highest BCUT2D eigenvalue weighted by atomic mass is 35.5. The Labute approximate surface area is 118 Å². The van der Waals surface area contributed by atoms with Gasteiger partial charge in [-0.3, -0.25) is 4.79 Å². The van der Waals surface area contributed by atoms with Crippen molar-refractivity contribution in [3.8, 4) is 0 Å². The van der Waals surface area contributed by atoms with Gasteiger partial charge < -0.3 is 10.4 Å². The minimum Gasteiger partial charge on any atom is -0.478 e. The molecule has 0 heterocycles. The predicted molar refractivity (Wildman–Crippen MR) is 72.8 cm³/mol. The molecule has 0 fully saturated rings. The second-order valence-corrected chi connectivity index (χ2v) is 4.34. The van der Waals surface area contributed by atoms with Crippen molar-refractivity contribution in [2.24, 2.45) is 0 Å². The van der Waals surface area contributed by atoms with E-state index in [0.29, 0.717) is 0 Å². The summed E-state index contributed by atoms with van der Waals surface area (Å²) < 4.78 is 13.0. The van der Waals surface area contributed by atoms with Crippen molar-refractivity contribution < 1.29 is 19.1 Å². The average Bonchev–Trinajstić information content (AvgIpc) is 2.38. The van der Waals surface area contributed by atoms with Crippen LogP contribution in [0, 0.1) is 5.82 Å². The highest BCUT2D eigenvalue weighted by Crippen LogP contribution is 2.24. The van der Waals surface area contributed by atoms with Crippen molar-refractivity contribution in [3.63, 3.8) is 0 Å². The van der Waals surface area contributed by atoms with Crippen LogP contribution in [0.1, 0.15) is 20.7 Å². The molecule has 0 saturated heterocycles. The van der Waals surface area contributed by atoms with Crippen molar-refractivity contribution in [1.29, 1.82) is 0 Å². The van der Waals surface area contributed by atoms with E-state index < -0.39 is 17.7 Å². The minimum absolute atomic E-state index is 0.00884. The summed E-state index contributed by atoms with van der Waals surface area (Å²) in [7, 11) is 0. The summed E-state index contributed by atoms with van der Waals surface area (Å²) in [5.74, 6) is -2.43. The quantitative estimate of drug-likeness (QED) is 0.911. The van der Waals surface area contributed by atoms with Crippen molar-refractivity contribution in [2.45, 2.75) is 0 Å². The van der Waals surface area contributed by atoms with Crippen LogP contribution in [0.4, 0.5) is 10.1 Å². The maximum Gasteiger partial charge on any atom is 0.339 e. The minimum atomic E-state index is -1.26. The number of carbonyl (C=O) groups is 2. The van der Waals surface area contributed by atoms with Gasteiger partial charge in [0.05, 0.1) is 10.7 Å². The molecule has 1 amide bonds. The summed E-state index contributed by atoms with van der Waals surface area (Å²) in [6, 6.07) is 9.40. The van der Waals surface area contributed by atoms with E-state index in [1.807, 2.05) is 0 Å². The van der Waals surface area contributed by atoms with Crippen molar-refractivity contribution in [1.82, 2.24) is 0 Å². The molecule has 0 bridgehead atoms. The van der Waals surface area contributed by atoms with E-state index in [2.05, 4.69) is 5.32 Å². The number of anilines is 1. The van der Waals surface area contributed by atoms with Crippen LogP contribution in [-0.2, 0) is 0 Å². The lowest BCUT2D eigenvalue weighted by molar-refractivity contribution is 0.0698. The maximum atomic E-state index is 13.0. The van der Waals surface area contributed by atoms with Gasteiger partial charge in [-0.15, -0.1) is 0 Å². The topological polar surface area (TPSA) is 66.4 Å². The number of carbonyl (C=O) groups excluding carboxylic acids is 1. The first-order valence-corrected chi connectivity index (χ1v) is 5.95. The third-order valence-corrected chi connectivity index (χ3v) is 2.88. The van der Waals surface area contributed by atoms with Crippen molar-refractivity contribution >= 4 is 29.2 Å². The molecule has 0 aromatic heterocycles. The Morgan fingerprint density at radius 2 is 1.85 bits per heavy atom. The fraction of sp³-hybridized carbons (Fsp3) is 0. The largest absolute Gasteiger partial charge is 0.478 e. The second-order valence-electron chi connectivity index (χ2n) is 3.93. The molecule has 0 radical (unpaired) electrons. The fourth-order valence-electron chi connectivity index (χ4n) is 1.67. The Bertz CT molecular complexity index is 688. The van der Waals surface area contributed by atoms with E-state index >= 15 is 0 Å². The molecule has 2 aromatic carbocycles. The van der Waals surface area contributed by atoms with E-state index in [4.69, 9.17) is 16.7 Å². The molecule has 102 valence electrons. The molecule has 2 aromatic rings. The number of carboxylic acid groups (broad SMARTS) is 1. The number of hydrogen-bond acceptors (Lipinski definition) is 2. The van der Waals surface area contributed by atoms with Crippen LogP contribution in [0.15, 0.2) is 42.5 Å². The van der Waals surface area contributed by atoms with Gasteiger partial charge in [0.15, 0.2) is 0 Å². The van der Waals surface area contributed by atoms with E-state index in [9.17, 15) is 14.0 Å². The second kappa shape index (κ2) is 5.71. The highest BCUT2D eigenvalue weighted by Gasteiger charge is 2.16. The van der Waals surface area contributed by atoms with Gasteiger partial charge in [0.1, 0.15) is 11.4 Å². The van der Waals surface area contributed by atoms with E-state index in [-0.39, 0.29) is 21.8 Å². The van der Waals surface area contributed by atoms with Crippen LogP contribution < -0.4 is 5.32 Å². The molecular formula is C14H9ClFNO3. The number of aromatic carboxylic acids is 1. The predicted octanol–water partition coefficient (Wildman–Crippen LogP) is 3.43. The molecule has 6 heteroatoms.